The zero-order chi connectivity index (χ0) is 18.6. The van der Waals surface area contributed by atoms with Gasteiger partial charge in [0.15, 0.2) is 0 Å². The Hall–Kier alpha value is -2.15. The van der Waals surface area contributed by atoms with E-state index in [1.165, 1.54) is 24.3 Å². The number of nitrogens with two attached hydrogens (primary N) is 1. The van der Waals surface area contributed by atoms with Gasteiger partial charge in [0, 0.05) is 22.3 Å². The van der Waals surface area contributed by atoms with Crippen molar-refractivity contribution in [3.8, 4) is 0 Å². The summed E-state index contributed by atoms with van der Waals surface area (Å²) in [4.78, 5) is 23.0. The number of halogens is 3. The molecule has 132 valence electrons. The number of amides is 2. The molecule has 2 amide bonds. The summed E-state index contributed by atoms with van der Waals surface area (Å²) >= 11 is 11.7. The SMILES string of the molecule is C[C@H](NCC(=O)Nc1ccc(C(N)=O)cc1)c1cc(F)c(Cl)cc1Cl. The lowest BCUT2D eigenvalue weighted by Crippen LogP contribution is -2.30. The molecule has 0 radical (unpaired) electrons. The molecule has 25 heavy (non-hydrogen) atoms. The molecule has 0 aliphatic rings. The van der Waals surface area contributed by atoms with Crippen LogP contribution in [0, 0.1) is 5.82 Å². The Morgan fingerprint density at radius 2 is 1.80 bits per heavy atom. The third-order valence-corrected chi connectivity index (χ3v) is 4.15. The van der Waals surface area contributed by atoms with Gasteiger partial charge in [-0.2, -0.15) is 0 Å². The number of hydrogen-bond acceptors (Lipinski definition) is 3. The van der Waals surface area contributed by atoms with E-state index in [9.17, 15) is 14.0 Å². The van der Waals surface area contributed by atoms with Crippen LogP contribution in [0.1, 0.15) is 28.9 Å². The molecule has 0 unspecified atom stereocenters. The van der Waals surface area contributed by atoms with E-state index in [-0.39, 0.29) is 23.5 Å². The van der Waals surface area contributed by atoms with Gasteiger partial charge in [0.2, 0.25) is 11.8 Å². The molecule has 0 aromatic heterocycles. The zero-order valence-electron chi connectivity index (χ0n) is 13.3. The maximum atomic E-state index is 13.6. The molecule has 8 heteroatoms. The Kier molecular flexibility index (Phi) is 6.36. The number of benzene rings is 2. The van der Waals surface area contributed by atoms with E-state index >= 15 is 0 Å². The van der Waals surface area contributed by atoms with E-state index < -0.39 is 11.7 Å². The maximum Gasteiger partial charge on any atom is 0.248 e. The second-order valence-corrected chi connectivity index (χ2v) is 6.19. The Balaban J connectivity index is 1.93. The number of hydrogen-bond donors (Lipinski definition) is 3. The minimum Gasteiger partial charge on any atom is -0.366 e. The molecule has 4 N–H and O–H groups in total. The van der Waals surface area contributed by atoms with Crippen molar-refractivity contribution in [3.63, 3.8) is 0 Å². The normalized spacial score (nSPS) is 11.8. The number of nitrogens with one attached hydrogen (secondary N) is 2. The van der Waals surface area contributed by atoms with Crippen LogP contribution in [0.2, 0.25) is 10.0 Å². The highest BCUT2D eigenvalue weighted by Crippen LogP contribution is 2.28. The molecule has 0 saturated carbocycles. The molecule has 2 aromatic rings. The Morgan fingerprint density at radius 3 is 2.40 bits per heavy atom. The molecule has 2 rings (SSSR count). The van der Waals surface area contributed by atoms with Gasteiger partial charge in [-0.25, -0.2) is 4.39 Å². The van der Waals surface area contributed by atoms with Crippen LogP contribution in [-0.4, -0.2) is 18.4 Å². The second-order valence-electron chi connectivity index (χ2n) is 5.38. The fraction of sp³-hybridized carbons (Fsp3) is 0.176. The summed E-state index contributed by atoms with van der Waals surface area (Å²) in [5.41, 5.74) is 6.53. The summed E-state index contributed by atoms with van der Waals surface area (Å²) in [7, 11) is 0. The second kappa shape index (κ2) is 8.29. The molecule has 0 bridgehead atoms. The lowest BCUT2D eigenvalue weighted by molar-refractivity contribution is -0.115. The molecule has 0 spiro atoms. The van der Waals surface area contributed by atoms with Gasteiger partial charge in [-0.3, -0.25) is 9.59 Å². The first-order chi connectivity index (χ1) is 11.8. The van der Waals surface area contributed by atoms with Gasteiger partial charge in [0.25, 0.3) is 0 Å². The van der Waals surface area contributed by atoms with E-state index in [0.717, 1.165) is 0 Å². The number of carbonyl (C=O) groups is 2. The first-order valence-electron chi connectivity index (χ1n) is 7.35. The van der Waals surface area contributed by atoms with Crippen LogP contribution in [0.3, 0.4) is 0 Å². The quantitative estimate of drug-likeness (QED) is 0.667. The van der Waals surface area contributed by atoms with Crippen molar-refractivity contribution in [2.75, 3.05) is 11.9 Å². The standard InChI is InChI=1S/C17H16Cl2FN3O2/c1-9(12-6-15(20)14(19)7-13(12)18)22-8-16(24)23-11-4-2-10(3-5-11)17(21)25/h2-7,9,22H,8H2,1H3,(H2,21,25)(H,23,24)/t9-/m0/s1. The van der Waals surface area contributed by atoms with Gasteiger partial charge in [0.05, 0.1) is 11.6 Å². The van der Waals surface area contributed by atoms with E-state index in [1.54, 1.807) is 19.1 Å². The van der Waals surface area contributed by atoms with Gasteiger partial charge in [-0.1, -0.05) is 23.2 Å². The van der Waals surface area contributed by atoms with Gasteiger partial charge >= 0.3 is 0 Å². The average molecular weight is 384 g/mol. The number of rotatable bonds is 6. The van der Waals surface area contributed by atoms with Crippen molar-refractivity contribution in [1.82, 2.24) is 5.32 Å². The fourth-order valence-corrected chi connectivity index (χ4v) is 2.70. The molecule has 1 atom stereocenters. The molecule has 2 aromatic carbocycles. The Labute approximate surface area is 154 Å². The number of primary amides is 1. The van der Waals surface area contributed by atoms with Crippen LogP contribution in [0.25, 0.3) is 0 Å². The highest BCUT2D eigenvalue weighted by molar-refractivity contribution is 6.35. The van der Waals surface area contributed by atoms with E-state index in [4.69, 9.17) is 28.9 Å². The number of carbonyl (C=O) groups excluding carboxylic acids is 2. The van der Waals surface area contributed by atoms with Crippen LogP contribution < -0.4 is 16.4 Å². The molecular weight excluding hydrogens is 368 g/mol. The van der Waals surface area contributed by atoms with Crippen LogP contribution in [0.4, 0.5) is 10.1 Å². The Morgan fingerprint density at radius 1 is 1.16 bits per heavy atom. The topological polar surface area (TPSA) is 84.2 Å². The highest BCUT2D eigenvalue weighted by Gasteiger charge is 2.14. The predicted octanol–water partition coefficient (Wildman–Crippen LogP) is 3.52. The third kappa shape index (κ3) is 5.16. The molecule has 5 nitrogen and oxygen atoms in total. The van der Waals surface area contributed by atoms with Crippen molar-refractivity contribution in [1.29, 1.82) is 0 Å². The van der Waals surface area contributed by atoms with Crippen LogP contribution in [0.5, 0.6) is 0 Å². The fourth-order valence-electron chi connectivity index (χ4n) is 2.15. The largest absolute Gasteiger partial charge is 0.366 e. The van der Waals surface area contributed by atoms with Crippen LogP contribution in [-0.2, 0) is 4.79 Å². The highest BCUT2D eigenvalue weighted by atomic mass is 35.5. The van der Waals surface area contributed by atoms with E-state index in [0.29, 0.717) is 21.8 Å². The third-order valence-electron chi connectivity index (χ3n) is 3.53. The minimum atomic E-state index is -0.575. The van der Waals surface area contributed by atoms with Gasteiger partial charge < -0.3 is 16.4 Å². The van der Waals surface area contributed by atoms with Crippen LogP contribution in [0.15, 0.2) is 36.4 Å². The minimum absolute atomic E-state index is 0.0146. The summed E-state index contributed by atoms with van der Waals surface area (Å²) in [6.07, 6.45) is 0. The molecule has 0 fully saturated rings. The zero-order valence-corrected chi connectivity index (χ0v) is 14.8. The van der Waals surface area contributed by atoms with Crippen molar-refractivity contribution in [2.24, 2.45) is 5.73 Å². The Bertz CT molecular complexity index is 797. The van der Waals surface area contributed by atoms with Gasteiger partial charge in [0.1, 0.15) is 5.82 Å². The van der Waals surface area contributed by atoms with E-state index in [2.05, 4.69) is 10.6 Å². The average Bonchev–Trinajstić information content (AvgIpc) is 2.56. The summed E-state index contributed by atoms with van der Waals surface area (Å²) in [6.45, 7) is 1.74. The van der Waals surface area contributed by atoms with E-state index in [1.807, 2.05) is 0 Å². The van der Waals surface area contributed by atoms with Crippen molar-refractivity contribution < 1.29 is 14.0 Å². The molecule has 0 heterocycles. The molecule has 0 aliphatic heterocycles. The van der Waals surface area contributed by atoms with Gasteiger partial charge in [-0.15, -0.1) is 0 Å². The first-order valence-corrected chi connectivity index (χ1v) is 8.11. The summed E-state index contributed by atoms with van der Waals surface area (Å²) in [5, 5.41) is 5.88. The molecule has 0 saturated heterocycles. The molecule has 0 aliphatic carbocycles. The number of anilines is 1. The summed E-state index contributed by atoms with van der Waals surface area (Å²) in [5.74, 6) is -1.42. The van der Waals surface area contributed by atoms with Crippen molar-refractivity contribution in [3.05, 3.63) is 63.4 Å². The van der Waals surface area contributed by atoms with Crippen molar-refractivity contribution in [2.45, 2.75) is 13.0 Å². The van der Waals surface area contributed by atoms with Gasteiger partial charge in [-0.05, 0) is 48.9 Å². The lowest BCUT2D eigenvalue weighted by Gasteiger charge is -2.16. The molecular formula is C17H16Cl2FN3O2. The monoisotopic (exact) mass is 383 g/mol. The maximum absolute atomic E-state index is 13.6. The lowest BCUT2D eigenvalue weighted by atomic mass is 10.1. The van der Waals surface area contributed by atoms with Crippen LogP contribution >= 0.6 is 23.2 Å². The summed E-state index contributed by atoms with van der Waals surface area (Å²) in [6, 6.07) is 8.39. The first kappa shape index (κ1) is 19.2. The van der Waals surface area contributed by atoms with Crippen molar-refractivity contribution >= 4 is 40.7 Å². The smallest absolute Gasteiger partial charge is 0.248 e. The summed E-state index contributed by atoms with van der Waals surface area (Å²) < 4.78 is 13.6. The predicted molar refractivity (Wildman–Crippen MR) is 96.4 cm³/mol.